The lowest BCUT2D eigenvalue weighted by Gasteiger charge is -2.17. The third-order valence-corrected chi connectivity index (χ3v) is 8.49. The number of amidine groups is 1. The average Bonchev–Trinajstić information content (AvgIpc) is 3.38. The predicted molar refractivity (Wildman–Crippen MR) is 147 cm³/mol. The first kappa shape index (κ1) is 24.2. The number of benzene rings is 3. The van der Waals surface area contributed by atoms with Gasteiger partial charge in [0.1, 0.15) is 10.7 Å². The van der Waals surface area contributed by atoms with Crippen molar-refractivity contribution in [2.24, 2.45) is 4.99 Å². The van der Waals surface area contributed by atoms with Crippen molar-refractivity contribution in [2.75, 3.05) is 25.6 Å². The molecular formula is C28H25N3O3S2. The zero-order valence-corrected chi connectivity index (χ0v) is 21.9. The van der Waals surface area contributed by atoms with Crippen LogP contribution in [-0.4, -0.2) is 42.5 Å². The van der Waals surface area contributed by atoms with Gasteiger partial charge in [0.2, 0.25) is 0 Å². The van der Waals surface area contributed by atoms with Crippen LogP contribution in [0, 0.1) is 0 Å². The molecule has 5 rings (SSSR count). The molecule has 0 spiro atoms. The molecule has 6 nitrogen and oxygen atoms in total. The van der Waals surface area contributed by atoms with Crippen molar-refractivity contribution >= 4 is 51.8 Å². The van der Waals surface area contributed by atoms with Gasteiger partial charge in [-0.15, -0.1) is 0 Å². The number of carbonyl (C=O) groups excluding carboxylic acids is 2. The summed E-state index contributed by atoms with van der Waals surface area (Å²) in [7, 11) is 3.62. The second-order valence-electron chi connectivity index (χ2n) is 8.42. The molecule has 0 saturated carbocycles. The Bertz CT molecular complexity index is 1380. The largest absolute Gasteiger partial charge is 0.497 e. The number of thioether (sulfide) groups is 2. The summed E-state index contributed by atoms with van der Waals surface area (Å²) in [6.07, 6.45) is 0.721. The minimum Gasteiger partial charge on any atom is -0.497 e. The molecule has 0 bridgehead atoms. The minimum absolute atomic E-state index is 0.00798. The van der Waals surface area contributed by atoms with Crippen molar-refractivity contribution in [1.82, 2.24) is 4.90 Å². The Morgan fingerprint density at radius 3 is 2.44 bits per heavy atom. The quantitative estimate of drug-likeness (QED) is 0.291. The van der Waals surface area contributed by atoms with Gasteiger partial charge in [-0.25, -0.2) is 4.99 Å². The number of aliphatic imine (C=N–C) groups is 1. The molecule has 0 aliphatic carbocycles. The molecule has 2 aliphatic rings. The van der Waals surface area contributed by atoms with Crippen LogP contribution in [0.5, 0.6) is 5.75 Å². The highest BCUT2D eigenvalue weighted by Crippen LogP contribution is 2.51. The summed E-state index contributed by atoms with van der Waals surface area (Å²) in [5, 5.41) is 1.52. The number of anilines is 1. The van der Waals surface area contributed by atoms with Crippen molar-refractivity contribution in [2.45, 2.75) is 18.2 Å². The molecule has 182 valence electrons. The molecule has 0 aromatic heterocycles. The van der Waals surface area contributed by atoms with E-state index in [1.165, 1.54) is 11.8 Å². The molecule has 0 N–H and O–H groups in total. The Hall–Kier alpha value is -3.49. The van der Waals surface area contributed by atoms with E-state index in [4.69, 9.17) is 9.73 Å². The third kappa shape index (κ3) is 4.79. The highest BCUT2D eigenvalue weighted by molar-refractivity contribution is 8.19. The second kappa shape index (κ2) is 10.2. The van der Waals surface area contributed by atoms with Gasteiger partial charge in [0.25, 0.3) is 5.91 Å². The molecule has 0 atom stereocenters. The Kier molecular flexibility index (Phi) is 6.89. The first-order valence-corrected chi connectivity index (χ1v) is 13.1. The molecule has 3 aromatic rings. The van der Waals surface area contributed by atoms with Gasteiger partial charge in [0.15, 0.2) is 11.0 Å². The standard InChI is InChI=1S/C28H25N3O3S2/c1-18(32)20-9-11-21(12-10-20)29-28-31(16-15-19-7-5-4-6-8-19)26(33)25(36-28)27-30(2)23-17-22(34-3)13-14-24(23)35-27/h4-14,17H,15-16H2,1-3H3/b27-25-,29-28?. The molecule has 0 unspecified atom stereocenters. The third-order valence-electron chi connectivity index (χ3n) is 6.06. The van der Waals surface area contributed by atoms with E-state index >= 15 is 0 Å². The van der Waals surface area contributed by atoms with E-state index in [1.807, 2.05) is 60.5 Å². The maximum absolute atomic E-state index is 13.7. The first-order chi connectivity index (χ1) is 17.4. The number of nitrogens with zero attached hydrogens (tertiary/aromatic N) is 3. The van der Waals surface area contributed by atoms with E-state index in [0.717, 1.165) is 33.3 Å². The van der Waals surface area contributed by atoms with Gasteiger partial charge in [0.05, 0.1) is 23.5 Å². The van der Waals surface area contributed by atoms with Crippen molar-refractivity contribution in [1.29, 1.82) is 0 Å². The topological polar surface area (TPSA) is 62.2 Å². The number of hydrogen-bond acceptors (Lipinski definition) is 7. The number of amides is 1. The van der Waals surface area contributed by atoms with Crippen LogP contribution in [0.2, 0.25) is 0 Å². The van der Waals surface area contributed by atoms with Gasteiger partial charge in [-0.2, -0.15) is 0 Å². The van der Waals surface area contributed by atoms with Crippen molar-refractivity contribution in [3.05, 3.63) is 93.9 Å². The van der Waals surface area contributed by atoms with E-state index in [-0.39, 0.29) is 11.7 Å². The summed E-state index contributed by atoms with van der Waals surface area (Å²) in [4.78, 5) is 35.8. The van der Waals surface area contributed by atoms with Crippen molar-refractivity contribution < 1.29 is 14.3 Å². The second-order valence-corrected chi connectivity index (χ2v) is 10.4. The van der Waals surface area contributed by atoms with Gasteiger partial charge in [-0.05, 0) is 67.1 Å². The van der Waals surface area contributed by atoms with Gasteiger partial charge in [-0.3, -0.25) is 14.5 Å². The maximum atomic E-state index is 13.7. The number of ether oxygens (including phenoxy) is 1. The number of ketones is 1. The number of methoxy groups -OCH3 is 1. The monoisotopic (exact) mass is 515 g/mol. The highest BCUT2D eigenvalue weighted by Gasteiger charge is 2.39. The smallest absolute Gasteiger partial charge is 0.269 e. The van der Waals surface area contributed by atoms with Crippen LogP contribution < -0.4 is 9.64 Å². The Morgan fingerprint density at radius 1 is 1.00 bits per heavy atom. The molecule has 2 heterocycles. The lowest BCUT2D eigenvalue weighted by molar-refractivity contribution is -0.122. The van der Waals surface area contributed by atoms with Crippen LogP contribution in [0.3, 0.4) is 0 Å². The zero-order chi connectivity index (χ0) is 25.2. The van der Waals surface area contributed by atoms with Crippen LogP contribution >= 0.6 is 23.5 Å². The van der Waals surface area contributed by atoms with E-state index < -0.39 is 0 Å². The van der Waals surface area contributed by atoms with Gasteiger partial charge in [-0.1, -0.05) is 42.1 Å². The number of hydrogen-bond donors (Lipinski definition) is 0. The molecule has 0 radical (unpaired) electrons. The first-order valence-electron chi connectivity index (χ1n) is 11.5. The molecular weight excluding hydrogens is 490 g/mol. The van der Waals surface area contributed by atoms with Gasteiger partial charge < -0.3 is 9.64 Å². The Labute approximate surface area is 219 Å². The molecule has 1 fully saturated rings. The molecule has 1 saturated heterocycles. The fourth-order valence-electron chi connectivity index (χ4n) is 4.03. The van der Waals surface area contributed by atoms with E-state index in [2.05, 4.69) is 12.1 Å². The molecule has 1 amide bonds. The normalized spacial score (nSPS) is 18.2. The van der Waals surface area contributed by atoms with E-state index in [0.29, 0.717) is 27.9 Å². The summed E-state index contributed by atoms with van der Waals surface area (Å²) in [5.41, 5.74) is 3.51. The minimum atomic E-state index is -0.0517. The molecule has 8 heteroatoms. The number of fused-ring (bicyclic) bond motifs is 1. The summed E-state index contributed by atoms with van der Waals surface area (Å²) in [6.45, 7) is 2.06. The molecule has 36 heavy (non-hydrogen) atoms. The van der Waals surface area contributed by atoms with Gasteiger partial charge in [0, 0.05) is 30.1 Å². The number of carbonyl (C=O) groups is 2. The van der Waals surface area contributed by atoms with Crippen LogP contribution in [0.15, 0.2) is 92.6 Å². The van der Waals surface area contributed by atoms with Gasteiger partial charge >= 0.3 is 0 Å². The SMILES string of the molecule is COc1ccc2c(c1)N(C)/C(=C1/SC(=Nc3ccc(C(C)=O)cc3)N(CCc3ccccc3)C1=O)S2. The highest BCUT2D eigenvalue weighted by atomic mass is 32.2. The molecule has 2 aliphatic heterocycles. The summed E-state index contributed by atoms with van der Waals surface area (Å²) < 4.78 is 5.39. The molecule has 3 aromatic carbocycles. The summed E-state index contributed by atoms with van der Waals surface area (Å²) >= 11 is 2.98. The van der Waals surface area contributed by atoms with Crippen LogP contribution in [0.4, 0.5) is 11.4 Å². The van der Waals surface area contributed by atoms with E-state index in [9.17, 15) is 9.59 Å². The summed E-state index contributed by atoms with van der Waals surface area (Å²) in [6, 6.07) is 23.2. The van der Waals surface area contributed by atoms with Crippen LogP contribution in [0.25, 0.3) is 0 Å². The maximum Gasteiger partial charge on any atom is 0.269 e. The Morgan fingerprint density at radius 2 is 1.75 bits per heavy atom. The predicted octanol–water partition coefficient (Wildman–Crippen LogP) is 6.11. The van der Waals surface area contributed by atoms with E-state index in [1.54, 1.807) is 42.8 Å². The number of rotatable bonds is 6. The Balaban J connectivity index is 1.49. The van der Waals surface area contributed by atoms with Crippen molar-refractivity contribution in [3.63, 3.8) is 0 Å². The lowest BCUT2D eigenvalue weighted by atomic mass is 10.1. The van der Waals surface area contributed by atoms with Crippen molar-refractivity contribution in [3.8, 4) is 5.75 Å². The lowest BCUT2D eigenvalue weighted by Crippen LogP contribution is -2.31. The average molecular weight is 516 g/mol. The fraction of sp³-hybridized carbons (Fsp3) is 0.179. The number of Topliss-reactive ketones (excluding diaryl/α,β-unsaturated/α-hetero) is 1. The summed E-state index contributed by atoms with van der Waals surface area (Å²) in [5.74, 6) is 0.733. The van der Waals surface area contributed by atoms with Crippen LogP contribution in [0.1, 0.15) is 22.8 Å². The van der Waals surface area contributed by atoms with Crippen LogP contribution in [-0.2, 0) is 11.2 Å². The fourth-order valence-corrected chi connectivity index (χ4v) is 6.38. The zero-order valence-electron chi connectivity index (χ0n) is 20.2.